The molecule has 54 heavy (non-hydrogen) atoms. The lowest BCUT2D eigenvalue weighted by Gasteiger charge is -2.35. The highest BCUT2D eigenvalue weighted by Crippen LogP contribution is 2.30. The molecule has 3 rings (SSSR count). The van der Waals surface area contributed by atoms with Gasteiger partial charge in [-0.2, -0.15) is 12.6 Å². The van der Waals surface area contributed by atoms with E-state index in [0.29, 0.717) is 5.56 Å². The van der Waals surface area contributed by atoms with Crippen molar-refractivity contribution in [3.05, 3.63) is 41.0 Å². The topological polar surface area (TPSA) is 268 Å². The van der Waals surface area contributed by atoms with Crippen LogP contribution in [0.2, 0.25) is 0 Å². The zero-order chi connectivity index (χ0) is 40.3. The fraction of sp³-hybridized carbons (Fsp3) is 0.529. The molecule has 6 atom stereocenters. The number of rotatable bonds is 17. The minimum absolute atomic E-state index is 0.147. The number of thiol groups is 1. The number of aliphatic hydroxyl groups excluding tert-OH is 1. The predicted octanol–water partition coefficient (Wildman–Crippen LogP) is -1.14. The normalized spacial score (nSPS) is 17.7. The number of amides is 7. The van der Waals surface area contributed by atoms with Crippen molar-refractivity contribution in [3.63, 3.8) is 0 Å². The molecule has 2 aromatic rings. The zero-order valence-electron chi connectivity index (χ0n) is 30.4. The van der Waals surface area contributed by atoms with E-state index in [2.05, 4.69) is 44.2 Å². The number of hydrogen-bond acceptors (Lipinski definition) is 12. The maximum Gasteiger partial charge on any atom is 0.247 e. The number of aliphatic hydroxyl groups is 1. The molecule has 1 aliphatic heterocycles. The number of halogens is 1. The fourth-order valence-corrected chi connectivity index (χ4v) is 6.84. The first-order valence-electron chi connectivity index (χ1n) is 17.0. The number of alkyl halides is 1. The number of β-amino-alcohol motifs (C(OH)–C–C–N with tert-alkyl or cyclic N) is 1. The van der Waals surface area contributed by atoms with Crippen molar-refractivity contribution in [3.8, 4) is 10.4 Å². The third-order valence-corrected chi connectivity index (χ3v) is 10.1. The summed E-state index contributed by atoms with van der Waals surface area (Å²) in [7, 11) is 0. The Morgan fingerprint density at radius 1 is 1.02 bits per heavy atom. The van der Waals surface area contributed by atoms with E-state index in [-0.39, 0.29) is 31.7 Å². The van der Waals surface area contributed by atoms with Gasteiger partial charge in [-0.25, -0.2) is 4.98 Å². The number of primary amides is 1. The molecular formula is C34H48ClN9O8S2. The van der Waals surface area contributed by atoms with Gasteiger partial charge >= 0.3 is 0 Å². The van der Waals surface area contributed by atoms with Crippen molar-refractivity contribution in [1.29, 1.82) is 0 Å². The van der Waals surface area contributed by atoms with Crippen molar-refractivity contribution in [2.75, 3.05) is 31.3 Å². The van der Waals surface area contributed by atoms with E-state index in [1.54, 1.807) is 50.5 Å². The molecule has 1 saturated heterocycles. The van der Waals surface area contributed by atoms with Gasteiger partial charge < -0.3 is 48.1 Å². The van der Waals surface area contributed by atoms with E-state index < -0.39 is 95.5 Å². The summed E-state index contributed by atoms with van der Waals surface area (Å²) in [5.41, 5.74) is 13.9. The molecule has 0 aliphatic carbocycles. The van der Waals surface area contributed by atoms with Crippen LogP contribution in [0.4, 0.5) is 0 Å². The number of likely N-dealkylation sites (tertiary alicyclic amines) is 1. The van der Waals surface area contributed by atoms with Gasteiger partial charge in [0.05, 0.1) is 28.7 Å². The summed E-state index contributed by atoms with van der Waals surface area (Å²) in [5.74, 6) is -5.29. The average molecular weight is 810 g/mol. The number of aryl methyl sites for hydroxylation is 1. The monoisotopic (exact) mass is 809 g/mol. The van der Waals surface area contributed by atoms with Crippen molar-refractivity contribution in [1.82, 2.24) is 36.5 Å². The highest BCUT2D eigenvalue weighted by atomic mass is 35.5. The van der Waals surface area contributed by atoms with Gasteiger partial charge in [0.1, 0.15) is 36.1 Å². The average Bonchev–Trinajstić information content (AvgIpc) is 3.74. The van der Waals surface area contributed by atoms with Gasteiger partial charge in [0.2, 0.25) is 41.4 Å². The highest BCUT2D eigenvalue weighted by molar-refractivity contribution is 7.80. The number of hydrogen-bond donors (Lipinski definition) is 9. The van der Waals surface area contributed by atoms with Crippen LogP contribution in [0.3, 0.4) is 0 Å². The molecule has 10 N–H and O–H groups in total. The fourth-order valence-electron chi connectivity index (χ4n) is 5.70. The molecule has 17 nitrogen and oxygen atoms in total. The molecule has 0 spiro atoms. The van der Waals surface area contributed by atoms with Crippen LogP contribution >= 0.6 is 35.6 Å². The van der Waals surface area contributed by atoms with Crippen LogP contribution in [0, 0.1) is 12.3 Å². The summed E-state index contributed by atoms with van der Waals surface area (Å²) < 4.78 is 0. The molecule has 1 fully saturated rings. The van der Waals surface area contributed by atoms with Gasteiger partial charge in [-0.05, 0) is 35.6 Å². The Morgan fingerprint density at radius 2 is 1.69 bits per heavy atom. The molecule has 2 heterocycles. The highest BCUT2D eigenvalue weighted by Gasteiger charge is 2.45. The van der Waals surface area contributed by atoms with Crippen LogP contribution in [-0.4, -0.2) is 118 Å². The summed E-state index contributed by atoms with van der Waals surface area (Å²) in [6, 6.07) is 0.731. The summed E-state index contributed by atoms with van der Waals surface area (Å²) in [6.45, 7) is 5.85. The Bertz CT molecular complexity index is 1690. The summed E-state index contributed by atoms with van der Waals surface area (Å²) in [5, 5.41) is 23.1. The molecular weight excluding hydrogens is 762 g/mol. The second-order valence-corrected chi connectivity index (χ2v) is 15.3. The molecule has 0 bridgehead atoms. The van der Waals surface area contributed by atoms with Crippen LogP contribution in [0.1, 0.15) is 50.9 Å². The summed E-state index contributed by atoms with van der Waals surface area (Å²) in [6.07, 6.45) is -1.07. The Kier molecular flexibility index (Phi) is 16.2. The van der Waals surface area contributed by atoms with Gasteiger partial charge in [0.15, 0.2) is 0 Å². The van der Waals surface area contributed by atoms with Crippen molar-refractivity contribution in [2.24, 2.45) is 16.9 Å². The number of carbonyl (C=O) groups is 7. The van der Waals surface area contributed by atoms with Crippen LogP contribution in [0.5, 0.6) is 0 Å². The van der Waals surface area contributed by atoms with E-state index >= 15 is 0 Å². The predicted molar refractivity (Wildman–Crippen MR) is 205 cm³/mol. The Morgan fingerprint density at radius 3 is 2.22 bits per heavy atom. The Labute approximate surface area is 327 Å². The van der Waals surface area contributed by atoms with Crippen LogP contribution in [0.25, 0.3) is 10.4 Å². The van der Waals surface area contributed by atoms with Gasteiger partial charge in [-0.1, -0.05) is 45.0 Å². The van der Waals surface area contributed by atoms with Gasteiger partial charge in [-0.3, -0.25) is 33.6 Å². The third kappa shape index (κ3) is 11.8. The molecule has 1 aliphatic rings. The largest absolute Gasteiger partial charge is 0.391 e. The van der Waals surface area contributed by atoms with E-state index in [9.17, 15) is 38.7 Å². The first-order chi connectivity index (χ1) is 25.4. The summed E-state index contributed by atoms with van der Waals surface area (Å²) >= 11 is 11.2. The molecule has 20 heteroatoms. The number of thiazole rings is 1. The van der Waals surface area contributed by atoms with Crippen LogP contribution in [-0.2, 0) is 33.6 Å². The third-order valence-electron chi connectivity index (χ3n) is 8.59. The lowest BCUT2D eigenvalue weighted by Crippen LogP contribution is -2.58. The first kappa shape index (κ1) is 44.1. The van der Waals surface area contributed by atoms with Crippen molar-refractivity contribution >= 4 is 76.9 Å². The summed E-state index contributed by atoms with van der Waals surface area (Å²) in [4.78, 5) is 97.4. The molecule has 0 saturated carbocycles. The number of nitrogens with one attached hydrogen (secondary N) is 5. The standard InChI is InChI=1S/C34H48ClN9O8S2/c1-17-27(54-16-39-17)19-7-5-18(6-8-19)26(32(51)38-14-25(47)40-22(13-36)30(49)41-21(9-10-53)29(37)48)43-31(50)23-11-20(45)15-44(23)33(52)28(34(2,3)4)42-24(46)12-35/h5-8,16,20-23,26,28,45,53H,9-15,36H2,1-4H3,(H2,37,48)(H,38,51)(H,40,47)(H,41,49)(H,42,46)(H,43,50). The van der Waals surface area contributed by atoms with E-state index in [1.165, 1.54) is 16.2 Å². The Balaban J connectivity index is 1.84. The molecule has 6 unspecified atom stereocenters. The number of aromatic nitrogens is 1. The van der Waals surface area contributed by atoms with E-state index in [4.69, 9.17) is 23.1 Å². The lowest BCUT2D eigenvalue weighted by molar-refractivity contribution is -0.144. The van der Waals surface area contributed by atoms with Crippen molar-refractivity contribution in [2.45, 2.75) is 76.8 Å². The van der Waals surface area contributed by atoms with Crippen LogP contribution in [0.15, 0.2) is 29.8 Å². The number of benzene rings is 1. The number of nitrogens with two attached hydrogens (primary N) is 2. The quantitative estimate of drug-likeness (QED) is 0.0685. The minimum Gasteiger partial charge on any atom is -0.391 e. The van der Waals surface area contributed by atoms with Gasteiger partial charge in [-0.15, -0.1) is 22.9 Å². The SMILES string of the molecule is Cc1ncsc1-c1ccc(C(NC(=O)C2CC(O)CN2C(=O)C(NC(=O)CCl)C(C)(C)C)C(=O)NCC(=O)NC(CN)C(=O)NC(CCS)C(N)=O)cc1. The molecule has 1 aromatic carbocycles. The molecule has 7 amide bonds. The minimum atomic E-state index is -1.39. The Hall–Kier alpha value is -4.30. The van der Waals surface area contributed by atoms with E-state index in [1.807, 2.05) is 6.92 Å². The van der Waals surface area contributed by atoms with Crippen molar-refractivity contribution < 1.29 is 38.7 Å². The zero-order valence-corrected chi connectivity index (χ0v) is 32.9. The lowest BCUT2D eigenvalue weighted by atomic mass is 9.85. The maximum atomic E-state index is 13.9. The number of nitrogens with zero attached hydrogens (tertiary/aromatic N) is 2. The smallest absolute Gasteiger partial charge is 0.247 e. The number of carbonyl (C=O) groups excluding carboxylic acids is 7. The van der Waals surface area contributed by atoms with Crippen LogP contribution < -0.4 is 38.1 Å². The second kappa shape index (κ2) is 19.9. The van der Waals surface area contributed by atoms with E-state index in [0.717, 1.165) is 16.1 Å². The molecule has 1 aromatic heterocycles. The first-order valence-corrected chi connectivity index (χ1v) is 19.1. The molecule has 296 valence electrons. The second-order valence-electron chi connectivity index (χ2n) is 13.8. The van der Waals surface area contributed by atoms with Gasteiger partial charge in [0, 0.05) is 19.5 Å². The van der Waals surface area contributed by atoms with Gasteiger partial charge in [0.25, 0.3) is 0 Å². The molecule has 0 radical (unpaired) electrons. The maximum absolute atomic E-state index is 13.9.